The molecule has 1 saturated heterocycles. The van der Waals surface area contributed by atoms with E-state index < -0.39 is 0 Å². The summed E-state index contributed by atoms with van der Waals surface area (Å²) in [5.41, 5.74) is 0.742. The van der Waals surface area contributed by atoms with Gasteiger partial charge in [0.25, 0.3) is 5.91 Å². The number of nitrogens with one attached hydrogen (secondary N) is 2. The standard InChI is InChI=1S/C19H23N3OS/c23-19(21-12-15-22-13-10-20-11-14-22)17-8-4-5-9-18(17)24-16-6-2-1-3-7-16/h1-9,20H,10-15H2,(H,21,23). The van der Waals surface area contributed by atoms with Crippen LogP contribution in [0.15, 0.2) is 64.4 Å². The van der Waals surface area contributed by atoms with E-state index in [4.69, 9.17) is 0 Å². The predicted octanol–water partition coefficient (Wildman–Crippen LogP) is 2.47. The highest BCUT2D eigenvalue weighted by Gasteiger charge is 2.13. The second-order valence-electron chi connectivity index (χ2n) is 5.76. The predicted molar refractivity (Wildman–Crippen MR) is 98.6 cm³/mol. The summed E-state index contributed by atoms with van der Waals surface area (Å²) in [5.74, 6) is 0.00386. The number of amides is 1. The van der Waals surface area contributed by atoms with Crippen LogP contribution in [0.25, 0.3) is 0 Å². The summed E-state index contributed by atoms with van der Waals surface area (Å²) in [7, 11) is 0. The molecule has 4 nitrogen and oxygen atoms in total. The van der Waals surface area contributed by atoms with Gasteiger partial charge < -0.3 is 10.6 Å². The summed E-state index contributed by atoms with van der Waals surface area (Å²) in [5, 5.41) is 6.40. The van der Waals surface area contributed by atoms with Crippen LogP contribution in [0.3, 0.4) is 0 Å². The number of carbonyl (C=O) groups excluding carboxylic acids is 1. The lowest BCUT2D eigenvalue weighted by atomic mass is 10.2. The lowest BCUT2D eigenvalue weighted by Crippen LogP contribution is -2.46. The fourth-order valence-corrected chi connectivity index (χ4v) is 3.68. The fraction of sp³-hybridized carbons (Fsp3) is 0.316. The second kappa shape index (κ2) is 8.87. The summed E-state index contributed by atoms with van der Waals surface area (Å²) in [6, 6.07) is 17.9. The lowest BCUT2D eigenvalue weighted by molar-refractivity contribution is 0.0944. The van der Waals surface area contributed by atoms with Crippen molar-refractivity contribution >= 4 is 17.7 Å². The minimum atomic E-state index is 0.00386. The van der Waals surface area contributed by atoms with Crippen LogP contribution in [0.4, 0.5) is 0 Å². The van der Waals surface area contributed by atoms with Crippen LogP contribution < -0.4 is 10.6 Å². The van der Waals surface area contributed by atoms with E-state index in [1.54, 1.807) is 11.8 Å². The molecule has 0 saturated carbocycles. The van der Waals surface area contributed by atoms with Gasteiger partial charge in [0.15, 0.2) is 0 Å². The fourth-order valence-electron chi connectivity index (χ4n) is 2.72. The third-order valence-corrected chi connectivity index (χ3v) is 5.11. The molecule has 1 fully saturated rings. The quantitative estimate of drug-likeness (QED) is 0.847. The monoisotopic (exact) mass is 341 g/mol. The molecule has 0 radical (unpaired) electrons. The molecular weight excluding hydrogens is 318 g/mol. The summed E-state index contributed by atoms with van der Waals surface area (Å²) >= 11 is 1.62. The van der Waals surface area contributed by atoms with Crippen LogP contribution in [-0.4, -0.2) is 50.1 Å². The van der Waals surface area contributed by atoms with Crippen molar-refractivity contribution in [2.75, 3.05) is 39.3 Å². The largest absolute Gasteiger partial charge is 0.351 e. The number of hydrogen-bond donors (Lipinski definition) is 2. The molecule has 3 rings (SSSR count). The highest BCUT2D eigenvalue weighted by atomic mass is 32.2. The molecule has 0 spiro atoms. The van der Waals surface area contributed by atoms with Crippen molar-refractivity contribution in [1.29, 1.82) is 0 Å². The smallest absolute Gasteiger partial charge is 0.252 e. The molecular formula is C19H23N3OS. The van der Waals surface area contributed by atoms with Crippen molar-refractivity contribution in [1.82, 2.24) is 15.5 Å². The zero-order valence-electron chi connectivity index (χ0n) is 13.7. The molecule has 2 aromatic carbocycles. The van der Waals surface area contributed by atoms with E-state index in [1.807, 2.05) is 42.5 Å². The number of hydrogen-bond acceptors (Lipinski definition) is 4. The molecule has 0 aliphatic carbocycles. The zero-order chi connectivity index (χ0) is 16.6. The van der Waals surface area contributed by atoms with E-state index >= 15 is 0 Å². The van der Waals surface area contributed by atoms with E-state index in [0.717, 1.165) is 48.1 Å². The number of piperazine rings is 1. The average molecular weight is 341 g/mol. The average Bonchev–Trinajstić information content (AvgIpc) is 2.64. The molecule has 1 amide bonds. The van der Waals surface area contributed by atoms with Gasteiger partial charge in [0.1, 0.15) is 0 Å². The first-order chi connectivity index (χ1) is 11.8. The number of benzene rings is 2. The molecule has 126 valence electrons. The van der Waals surface area contributed by atoms with Gasteiger partial charge in [0.05, 0.1) is 5.56 Å². The third-order valence-electron chi connectivity index (χ3n) is 4.03. The minimum absolute atomic E-state index is 0.00386. The van der Waals surface area contributed by atoms with Crippen molar-refractivity contribution in [2.24, 2.45) is 0 Å². The second-order valence-corrected chi connectivity index (χ2v) is 6.87. The molecule has 2 N–H and O–H groups in total. The van der Waals surface area contributed by atoms with Crippen LogP contribution in [0.2, 0.25) is 0 Å². The van der Waals surface area contributed by atoms with Gasteiger partial charge in [-0.05, 0) is 24.3 Å². The maximum Gasteiger partial charge on any atom is 0.252 e. The van der Waals surface area contributed by atoms with Crippen molar-refractivity contribution < 1.29 is 4.79 Å². The Morgan fingerprint density at radius 3 is 2.54 bits per heavy atom. The van der Waals surface area contributed by atoms with Gasteiger partial charge in [-0.25, -0.2) is 0 Å². The van der Waals surface area contributed by atoms with Crippen LogP contribution in [-0.2, 0) is 0 Å². The van der Waals surface area contributed by atoms with E-state index in [-0.39, 0.29) is 5.91 Å². The Bertz CT molecular complexity index is 657. The van der Waals surface area contributed by atoms with Gasteiger partial charge in [-0.3, -0.25) is 9.69 Å². The first-order valence-electron chi connectivity index (χ1n) is 8.36. The van der Waals surface area contributed by atoms with Crippen LogP contribution >= 0.6 is 11.8 Å². The SMILES string of the molecule is O=C(NCCN1CCNCC1)c1ccccc1Sc1ccccc1. The third kappa shape index (κ3) is 4.84. The Balaban J connectivity index is 1.58. The zero-order valence-corrected chi connectivity index (χ0v) is 14.5. The van der Waals surface area contributed by atoms with Crippen LogP contribution in [0, 0.1) is 0 Å². The normalized spacial score (nSPS) is 15.2. The molecule has 0 bridgehead atoms. The highest BCUT2D eigenvalue weighted by molar-refractivity contribution is 7.99. The van der Waals surface area contributed by atoms with E-state index in [0.29, 0.717) is 6.54 Å². The molecule has 1 heterocycles. The topological polar surface area (TPSA) is 44.4 Å². The molecule has 1 aliphatic rings. The summed E-state index contributed by atoms with van der Waals surface area (Å²) < 4.78 is 0. The summed E-state index contributed by atoms with van der Waals surface area (Å²) in [6.07, 6.45) is 0. The van der Waals surface area contributed by atoms with Gasteiger partial charge in [0.2, 0.25) is 0 Å². The molecule has 2 aromatic rings. The van der Waals surface area contributed by atoms with Crippen molar-refractivity contribution in [3.63, 3.8) is 0 Å². The Hall–Kier alpha value is -1.82. The Morgan fingerprint density at radius 1 is 1.04 bits per heavy atom. The Kier molecular flexibility index (Phi) is 6.29. The molecule has 0 unspecified atom stereocenters. The highest BCUT2D eigenvalue weighted by Crippen LogP contribution is 2.30. The van der Waals surface area contributed by atoms with Gasteiger partial charge >= 0.3 is 0 Å². The maximum absolute atomic E-state index is 12.5. The molecule has 0 aromatic heterocycles. The van der Waals surface area contributed by atoms with Crippen LogP contribution in [0.5, 0.6) is 0 Å². The molecule has 5 heteroatoms. The maximum atomic E-state index is 12.5. The van der Waals surface area contributed by atoms with Gasteiger partial charge in [-0.2, -0.15) is 0 Å². The van der Waals surface area contributed by atoms with Crippen LogP contribution in [0.1, 0.15) is 10.4 Å². The first kappa shape index (κ1) is 17.0. The van der Waals surface area contributed by atoms with Crippen molar-refractivity contribution in [3.05, 3.63) is 60.2 Å². The van der Waals surface area contributed by atoms with Gasteiger partial charge in [-0.1, -0.05) is 42.1 Å². The van der Waals surface area contributed by atoms with Crippen molar-refractivity contribution in [3.8, 4) is 0 Å². The number of nitrogens with zero attached hydrogens (tertiary/aromatic N) is 1. The lowest BCUT2D eigenvalue weighted by Gasteiger charge is -2.27. The molecule has 0 atom stereocenters. The Labute approximate surface area is 147 Å². The van der Waals surface area contributed by atoms with E-state index in [9.17, 15) is 4.79 Å². The first-order valence-corrected chi connectivity index (χ1v) is 9.18. The Morgan fingerprint density at radius 2 is 1.75 bits per heavy atom. The molecule has 24 heavy (non-hydrogen) atoms. The van der Waals surface area contributed by atoms with Crippen molar-refractivity contribution in [2.45, 2.75) is 9.79 Å². The number of rotatable bonds is 6. The summed E-state index contributed by atoms with van der Waals surface area (Å²) in [4.78, 5) is 17.0. The van der Waals surface area contributed by atoms with Gasteiger partial charge in [0, 0.05) is 49.1 Å². The van der Waals surface area contributed by atoms with Gasteiger partial charge in [-0.15, -0.1) is 0 Å². The minimum Gasteiger partial charge on any atom is -0.351 e. The van der Waals surface area contributed by atoms with E-state index in [2.05, 4.69) is 27.7 Å². The number of carbonyl (C=O) groups is 1. The summed E-state index contributed by atoms with van der Waals surface area (Å²) in [6.45, 7) is 5.76. The van der Waals surface area contributed by atoms with E-state index in [1.165, 1.54) is 0 Å². The molecule has 1 aliphatic heterocycles.